The molecule has 1 aromatic rings. The standard InChI is InChI=1S/C7H5ClF2/c1-4-2-3-5(8)7(10)6(4)9/h2-3H,1H3. The molecule has 0 aliphatic heterocycles. The van der Waals surface area contributed by atoms with Gasteiger partial charge in [0.25, 0.3) is 0 Å². The molecule has 0 aliphatic carbocycles. The van der Waals surface area contributed by atoms with Gasteiger partial charge in [-0.05, 0) is 18.6 Å². The van der Waals surface area contributed by atoms with Gasteiger partial charge in [-0.15, -0.1) is 0 Å². The monoisotopic (exact) mass is 162 g/mol. The number of rotatable bonds is 0. The summed E-state index contributed by atoms with van der Waals surface area (Å²) in [7, 11) is 0. The van der Waals surface area contributed by atoms with E-state index < -0.39 is 11.6 Å². The number of benzene rings is 1. The first-order valence-electron chi connectivity index (χ1n) is 2.73. The summed E-state index contributed by atoms with van der Waals surface area (Å²) in [6, 6.07) is 2.76. The lowest BCUT2D eigenvalue weighted by Crippen LogP contribution is -1.88. The Kier molecular flexibility index (Phi) is 1.90. The number of halogens is 3. The van der Waals surface area contributed by atoms with E-state index in [1.807, 2.05) is 0 Å². The Bertz CT molecular complexity index is 231. The molecule has 1 aromatic carbocycles. The summed E-state index contributed by atoms with van der Waals surface area (Å²) in [4.78, 5) is 0. The van der Waals surface area contributed by atoms with E-state index in [0.717, 1.165) is 0 Å². The van der Waals surface area contributed by atoms with Crippen molar-refractivity contribution < 1.29 is 8.78 Å². The summed E-state index contributed by atoms with van der Waals surface area (Å²) in [5.74, 6) is -1.84. The molecule has 0 nitrogen and oxygen atoms in total. The molecule has 0 radical (unpaired) electrons. The quantitative estimate of drug-likeness (QED) is 0.515. The molecule has 0 N–H and O–H groups in total. The number of hydrogen-bond acceptors (Lipinski definition) is 0. The Morgan fingerprint density at radius 3 is 2.30 bits per heavy atom. The zero-order valence-corrected chi connectivity index (χ0v) is 6.04. The van der Waals surface area contributed by atoms with Gasteiger partial charge < -0.3 is 0 Å². The van der Waals surface area contributed by atoms with Crippen LogP contribution in [0.3, 0.4) is 0 Å². The van der Waals surface area contributed by atoms with Crippen LogP contribution < -0.4 is 0 Å². The Hall–Kier alpha value is -0.630. The topological polar surface area (TPSA) is 0 Å². The minimum Gasteiger partial charge on any atom is -0.203 e. The summed E-state index contributed by atoms with van der Waals surface area (Å²) in [6.45, 7) is 1.48. The second-order valence-electron chi connectivity index (χ2n) is 1.99. The van der Waals surface area contributed by atoms with Crippen LogP contribution in [0.4, 0.5) is 8.78 Å². The van der Waals surface area contributed by atoms with Crippen LogP contribution in [0.15, 0.2) is 12.1 Å². The van der Waals surface area contributed by atoms with E-state index >= 15 is 0 Å². The van der Waals surface area contributed by atoms with Gasteiger partial charge in [0.05, 0.1) is 5.02 Å². The summed E-state index contributed by atoms with van der Waals surface area (Å²) in [5, 5.41) is -0.178. The van der Waals surface area contributed by atoms with E-state index in [-0.39, 0.29) is 10.6 Å². The molecule has 0 unspecified atom stereocenters. The molecule has 0 spiro atoms. The first-order valence-corrected chi connectivity index (χ1v) is 3.11. The molecular formula is C7H5ClF2. The molecule has 0 aliphatic rings. The van der Waals surface area contributed by atoms with Crippen molar-refractivity contribution in [2.45, 2.75) is 6.92 Å². The summed E-state index contributed by atoms with van der Waals surface area (Å²) >= 11 is 5.27. The molecule has 0 saturated heterocycles. The van der Waals surface area contributed by atoms with Gasteiger partial charge >= 0.3 is 0 Å². The van der Waals surface area contributed by atoms with Gasteiger partial charge in [-0.3, -0.25) is 0 Å². The fourth-order valence-corrected chi connectivity index (χ4v) is 0.768. The molecule has 0 aromatic heterocycles. The SMILES string of the molecule is Cc1ccc(Cl)c(F)c1F. The van der Waals surface area contributed by atoms with E-state index in [9.17, 15) is 8.78 Å². The maximum absolute atomic E-state index is 12.5. The van der Waals surface area contributed by atoms with Crippen molar-refractivity contribution in [2.75, 3.05) is 0 Å². The zero-order chi connectivity index (χ0) is 7.72. The highest BCUT2D eigenvalue weighted by atomic mass is 35.5. The average molecular weight is 163 g/mol. The lowest BCUT2D eigenvalue weighted by molar-refractivity contribution is 0.503. The van der Waals surface area contributed by atoms with Gasteiger partial charge in [-0.1, -0.05) is 17.7 Å². The number of aryl methyl sites for hydroxylation is 1. The van der Waals surface area contributed by atoms with Crippen LogP contribution in [0.1, 0.15) is 5.56 Å². The van der Waals surface area contributed by atoms with Crippen molar-refractivity contribution in [2.24, 2.45) is 0 Å². The molecular weight excluding hydrogens is 158 g/mol. The third kappa shape index (κ3) is 1.12. The van der Waals surface area contributed by atoms with Crippen LogP contribution in [0.5, 0.6) is 0 Å². The van der Waals surface area contributed by atoms with Gasteiger partial charge in [0.15, 0.2) is 11.6 Å². The number of hydrogen-bond donors (Lipinski definition) is 0. The minimum absolute atomic E-state index is 0.178. The Morgan fingerprint density at radius 2 is 1.80 bits per heavy atom. The fourth-order valence-electron chi connectivity index (χ4n) is 0.622. The maximum atomic E-state index is 12.5. The third-order valence-electron chi connectivity index (χ3n) is 1.23. The van der Waals surface area contributed by atoms with Crippen LogP contribution in [0, 0.1) is 18.6 Å². The third-order valence-corrected chi connectivity index (χ3v) is 1.52. The van der Waals surface area contributed by atoms with Crippen molar-refractivity contribution in [1.29, 1.82) is 0 Å². The predicted octanol–water partition coefficient (Wildman–Crippen LogP) is 2.93. The van der Waals surface area contributed by atoms with E-state index in [0.29, 0.717) is 0 Å². The molecule has 0 fully saturated rings. The lowest BCUT2D eigenvalue weighted by atomic mass is 10.2. The highest BCUT2D eigenvalue weighted by Gasteiger charge is 2.07. The van der Waals surface area contributed by atoms with Crippen LogP contribution in [-0.4, -0.2) is 0 Å². The van der Waals surface area contributed by atoms with Crippen LogP contribution in [0.25, 0.3) is 0 Å². The van der Waals surface area contributed by atoms with Crippen molar-refractivity contribution in [3.63, 3.8) is 0 Å². The second-order valence-corrected chi connectivity index (χ2v) is 2.40. The second kappa shape index (κ2) is 2.54. The first-order chi connectivity index (χ1) is 4.63. The predicted molar refractivity (Wildman–Crippen MR) is 36.1 cm³/mol. The zero-order valence-electron chi connectivity index (χ0n) is 5.29. The van der Waals surface area contributed by atoms with Gasteiger partial charge in [0.1, 0.15) is 0 Å². The van der Waals surface area contributed by atoms with Crippen LogP contribution in [-0.2, 0) is 0 Å². The highest BCUT2D eigenvalue weighted by Crippen LogP contribution is 2.19. The average Bonchev–Trinajstić information content (AvgIpc) is 1.93. The van der Waals surface area contributed by atoms with E-state index in [4.69, 9.17) is 11.6 Å². The molecule has 0 saturated carbocycles. The van der Waals surface area contributed by atoms with Crippen molar-refractivity contribution in [1.82, 2.24) is 0 Å². The smallest absolute Gasteiger partial charge is 0.177 e. The van der Waals surface area contributed by atoms with Crippen molar-refractivity contribution in [3.05, 3.63) is 34.4 Å². The van der Waals surface area contributed by atoms with Crippen LogP contribution >= 0.6 is 11.6 Å². The lowest BCUT2D eigenvalue weighted by Gasteiger charge is -1.97. The Morgan fingerprint density at radius 1 is 1.20 bits per heavy atom. The summed E-state index contributed by atoms with van der Waals surface area (Å²) < 4.78 is 25.0. The highest BCUT2D eigenvalue weighted by molar-refractivity contribution is 6.30. The maximum Gasteiger partial charge on any atom is 0.177 e. The van der Waals surface area contributed by atoms with Gasteiger partial charge in [0.2, 0.25) is 0 Å². The normalized spacial score (nSPS) is 10.0. The fraction of sp³-hybridized carbons (Fsp3) is 0.143. The Balaban J connectivity index is 3.34. The van der Waals surface area contributed by atoms with Crippen molar-refractivity contribution in [3.8, 4) is 0 Å². The molecule has 1 rings (SSSR count). The molecule has 0 heterocycles. The minimum atomic E-state index is -0.971. The molecule has 0 atom stereocenters. The van der Waals surface area contributed by atoms with E-state index in [1.54, 1.807) is 0 Å². The molecule has 0 bridgehead atoms. The van der Waals surface area contributed by atoms with Crippen LogP contribution in [0.2, 0.25) is 5.02 Å². The molecule has 0 amide bonds. The first kappa shape index (κ1) is 7.48. The largest absolute Gasteiger partial charge is 0.203 e. The van der Waals surface area contributed by atoms with Gasteiger partial charge in [-0.2, -0.15) is 0 Å². The molecule has 54 valence electrons. The van der Waals surface area contributed by atoms with Gasteiger partial charge in [-0.25, -0.2) is 8.78 Å². The Labute approximate surface area is 62.4 Å². The van der Waals surface area contributed by atoms with E-state index in [1.165, 1.54) is 19.1 Å². The van der Waals surface area contributed by atoms with Gasteiger partial charge in [0, 0.05) is 0 Å². The molecule has 10 heavy (non-hydrogen) atoms. The van der Waals surface area contributed by atoms with E-state index in [2.05, 4.69) is 0 Å². The summed E-state index contributed by atoms with van der Waals surface area (Å²) in [6.07, 6.45) is 0. The summed E-state index contributed by atoms with van der Waals surface area (Å²) in [5.41, 5.74) is 0.266. The molecule has 3 heteroatoms. The van der Waals surface area contributed by atoms with Crippen molar-refractivity contribution >= 4 is 11.6 Å².